The summed E-state index contributed by atoms with van der Waals surface area (Å²) in [5, 5.41) is 24.6. The molecule has 2 N–H and O–H groups in total. The molecule has 0 spiro atoms. The Labute approximate surface area is 117 Å². The van der Waals surface area contributed by atoms with Gasteiger partial charge in [-0.3, -0.25) is 5.10 Å². The van der Waals surface area contributed by atoms with Crippen LogP contribution in [-0.4, -0.2) is 45.2 Å². The van der Waals surface area contributed by atoms with Crippen LogP contribution in [0, 0.1) is 6.92 Å². The van der Waals surface area contributed by atoms with Crippen LogP contribution in [0.4, 0.5) is 5.82 Å². The van der Waals surface area contributed by atoms with Crippen molar-refractivity contribution in [3.05, 3.63) is 35.3 Å². The van der Waals surface area contributed by atoms with Crippen molar-refractivity contribution in [2.45, 2.75) is 25.7 Å². The van der Waals surface area contributed by atoms with Gasteiger partial charge in [-0.1, -0.05) is 0 Å². The van der Waals surface area contributed by atoms with Crippen LogP contribution in [0.3, 0.4) is 0 Å². The number of aromatic nitrogens is 4. The van der Waals surface area contributed by atoms with E-state index in [0.29, 0.717) is 12.3 Å². The fraction of sp³-hybridized carbons (Fsp3) is 0.500. The number of aryl methyl sites for hydroxylation is 1. The third-order valence-corrected chi connectivity index (χ3v) is 3.75. The summed E-state index contributed by atoms with van der Waals surface area (Å²) in [7, 11) is 0. The molecular weight excluding hydrogens is 254 g/mol. The summed E-state index contributed by atoms with van der Waals surface area (Å²) < 4.78 is 0. The first kappa shape index (κ1) is 13.1. The number of nitrogens with one attached hydrogen (secondary N) is 1. The molecule has 6 nitrogen and oxygen atoms in total. The molecule has 0 saturated carbocycles. The second-order valence-electron chi connectivity index (χ2n) is 5.26. The van der Waals surface area contributed by atoms with Crippen LogP contribution in [0.5, 0.6) is 0 Å². The average molecular weight is 273 g/mol. The zero-order valence-electron chi connectivity index (χ0n) is 11.6. The van der Waals surface area contributed by atoms with Gasteiger partial charge in [0.1, 0.15) is 0 Å². The highest BCUT2D eigenvalue weighted by atomic mass is 16.3. The van der Waals surface area contributed by atoms with Crippen LogP contribution >= 0.6 is 0 Å². The molecule has 20 heavy (non-hydrogen) atoms. The van der Waals surface area contributed by atoms with Gasteiger partial charge in [-0.15, -0.1) is 5.10 Å². The van der Waals surface area contributed by atoms with E-state index in [-0.39, 0.29) is 6.61 Å². The lowest BCUT2D eigenvalue weighted by molar-refractivity contribution is 0.298. The highest BCUT2D eigenvalue weighted by molar-refractivity contribution is 5.40. The van der Waals surface area contributed by atoms with E-state index in [0.717, 1.165) is 42.4 Å². The molecule has 1 atom stereocenters. The smallest absolute Gasteiger partial charge is 0.151 e. The fourth-order valence-electron chi connectivity index (χ4n) is 2.61. The predicted molar refractivity (Wildman–Crippen MR) is 75.7 cm³/mol. The van der Waals surface area contributed by atoms with E-state index in [1.54, 1.807) is 0 Å². The molecule has 6 heteroatoms. The summed E-state index contributed by atoms with van der Waals surface area (Å²) in [6.45, 7) is 3.99. The molecule has 0 bridgehead atoms. The van der Waals surface area contributed by atoms with Gasteiger partial charge in [0.2, 0.25) is 0 Å². The van der Waals surface area contributed by atoms with Crippen LogP contribution in [0.2, 0.25) is 0 Å². The van der Waals surface area contributed by atoms with Crippen molar-refractivity contribution in [3.8, 4) is 0 Å². The topological polar surface area (TPSA) is 77.9 Å². The maximum absolute atomic E-state index is 8.94. The number of H-pyrrole nitrogens is 1. The highest BCUT2D eigenvalue weighted by Gasteiger charge is 2.26. The number of nitrogens with zero attached hydrogens (tertiary/aromatic N) is 4. The molecule has 2 aromatic rings. The third kappa shape index (κ3) is 2.65. The maximum Gasteiger partial charge on any atom is 0.151 e. The van der Waals surface area contributed by atoms with E-state index < -0.39 is 0 Å². The minimum absolute atomic E-state index is 0.150. The first-order valence-electron chi connectivity index (χ1n) is 6.96. The lowest BCUT2D eigenvalue weighted by atomic mass is 10.0. The molecule has 0 amide bonds. The quantitative estimate of drug-likeness (QED) is 0.870. The average Bonchev–Trinajstić information content (AvgIpc) is 3.08. The molecule has 1 aliphatic rings. The lowest BCUT2D eigenvalue weighted by Gasteiger charge is -2.16. The molecule has 1 fully saturated rings. The molecule has 0 aliphatic carbocycles. The minimum Gasteiger partial charge on any atom is -0.396 e. The molecule has 0 aromatic carbocycles. The van der Waals surface area contributed by atoms with E-state index in [1.807, 2.05) is 19.1 Å². The van der Waals surface area contributed by atoms with Gasteiger partial charge in [-0.2, -0.15) is 10.2 Å². The summed E-state index contributed by atoms with van der Waals surface area (Å²) in [4.78, 5) is 2.25. The van der Waals surface area contributed by atoms with Gasteiger partial charge < -0.3 is 10.0 Å². The second kappa shape index (κ2) is 5.58. The Morgan fingerprint density at radius 1 is 1.40 bits per heavy atom. The van der Waals surface area contributed by atoms with Crippen LogP contribution < -0.4 is 4.90 Å². The number of hydrogen-bond donors (Lipinski definition) is 2. The summed E-state index contributed by atoms with van der Waals surface area (Å²) >= 11 is 0. The number of aromatic amines is 1. The third-order valence-electron chi connectivity index (χ3n) is 3.75. The van der Waals surface area contributed by atoms with Crippen molar-refractivity contribution in [1.29, 1.82) is 0 Å². The summed E-state index contributed by atoms with van der Waals surface area (Å²) in [5.74, 6) is 1.35. The van der Waals surface area contributed by atoms with Crippen molar-refractivity contribution < 1.29 is 5.11 Å². The van der Waals surface area contributed by atoms with Crippen LogP contribution in [0.1, 0.15) is 29.4 Å². The van der Waals surface area contributed by atoms with E-state index in [4.69, 9.17) is 5.11 Å². The molecule has 1 aliphatic heterocycles. The van der Waals surface area contributed by atoms with E-state index >= 15 is 0 Å². The maximum atomic E-state index is 8.94. The molecule has 2 aromatic heterocycles. The molecule has 3 heterocycles. The Bertz CT molecular complexity index is 565. The van der Waals surface area contributed by atoms with Gasteiger partial charge in [0, 0.05) is 37.7 Å². The molecule has 1 saturated heterocycles. The van der Waals surface area contributed by atoms with E-state index in [1.165, 1.54) is 0 Å². The Balaban J connectivity index is 1.68. The van der Waals surface area contributed by atoms with Gasteiger partial charge in [0.25, 0.3) is 0 Å². The van der Waals surface area contributed by atoms with E-state index in [9.17, 15) is 0 Å². The molecule has 106 valence electrons. The highest BCUT2D eigenvalue weighted by Crippen LogP contribution is 2.28. The number of aliphatic hydroxyl groups is 1. The van der Waals surface area contributed by atoms with Crippen molar-refractivity contribution in [2.75, 3.05) is 24.6 Å². The largest absolute Gasteiger partial charge is 0.396 e. The Hall–Kier alpha value is -1.95. The normalized spacial score (nSPS) is 18.7. The van der Waals surface area contributed by atoms with Crippen LogP contribution in [-0.2, 0) is 6.42 Å². The lowest BCUT2D eigenvalue weighted by Crippen LogP contribution is -2.20. The first-order valence-corrected chi connectivity index (χ1v) is 6.96. The van der Waals surface area contributed by atoms with Crippen molar-refractivity contribution in [2.24, 2.45) is 0 Å². The standard InChI is InChI=1S/C14H19N5O/c1-10-2-3-14(18-15-10)19-6-4-11(9-19)13-8-12(5-7-20)16-17-13/h2-3,8,11,20H,4-7,9H2,1H3,(H,16,17)/t11-/m0/s1. The van der Waals surface area contributed by atoms with Crippen molar-refractivity contribution in [1.82, 2.24) is 20.4 Å². The molecule has 0 radical (unpaired) electrons. The SMILES string of the molecule is Cc1ccc(N2CC[C@H](c3cc(CCO)[nH]n3)C2)nn1. The number of hydrogen-bond acceptors (Lipinski definition) is 5. The van der Waals surface area contributed by atoms with Gasteiger partial charge in [0.15, 0.2) is 5.82 Å². The zero-order chi connectivity index (χ0) is 13.9. The van der Waals surface area contributed by atoms with Crippen molar-refractivity contribution in [3.63, 3.8) is 0 Å². The van der Waals surface area contributed by atoms with Gasteiger partial charge in [-0.25, -0.2) is 0 Å². The van der Waals surface area contributed by atoms with E-state index in [2.05, 4.69) is 31.4 Å². The van der Waals surface area contributed by atoms with Gasteiger partial charge >= 0.3 is 0 Å². The Morgan fingerprint density at radius 2 is 2.30 bits per heavy atom. The first-order chi connectivity index (χ1) is 9.76. The van der Waals surface area contributed by atoms with Gasteiger partial charge in [-0.05, 0) is 31.5 Å². The molecule has 0 unspecified atom stereocenters. The zero-order valence-corrected chi connectivity index (χ0v) is 11.6. The Morgan fingerprint density at radius 3 is 3.05 bits per heavy atom. The van der Waals surface area contributed by atoms with Crippen LogP contribution in [0.25, 0.3) is 0 Å². The second-order valence-corrected chi connectivity index (χ2v) is 5.26. The summed E-state index contributed by atoms with van der Waals surface area (Å²) in [6, 6.07) is 6.07. The number of rotatable bonds is 4. The summed E-state index contributed by atoms with van der Waals surface area (Å²) in [5.41, 5.74) is 3.01. The molecular formula is C14H19N5O. The summed E-state index contributed by atoms with van der Waals surface area (Å²) in [6.07, 6.45) is 1.70. The molecule has 3 rings (SSSR count). The van der Waals surface area contributed by atoms with Crippen LogP contribution in [0.15, 0.2) is 18.2 Å². The minimum atomic E-state index is 0.150. The Kier molecular flexibility index (Phi) is 3.64. The number of anilines is 1. The number of aliphatic hydroxyl groups excluding tert-OH is 1. The van der Waals surface area contributed by atoms with Gasteiger partial charge in [0.05, 0.1) is 11.4 Å². The monoisotopic (exact) mass is 273 g/mol. The van der Waals surface area contributed by atoms with Crippen molar-refractivity contribution >= 4 is 5.82 Å². The predicted octanol–water partition coefficient (Wildman–Crippen LogP) is 1.04. The fourth-order valence-corrected chi connectivity index (χ4v) is 2.61.